The molecule has 0 bridgehead atoms. The van der Waals surface area contributed by atoms with Crippen LogP contribution in [-0.4, -0.2) is 28.3 Å². The maximum Gasteiger partial charge on any atom is 0.254 e. The van der Waals surface area contributed by atoms with E-state index in [1.54, 1.807) is 24.3 Å². The highest BCUT2D eigenvalue weighted by Gasteiger charge is 2.29. The van der Waals surface area contributed by atoms with E-state index in [0.717, 1.165) is 5.69 Å². The summed E-state index contributed by atoms with van der Waals surface area (Å²) in [4.78, 5) is 36.9. The summed E-state index contributed by atoms with van der Waals surface area (Å²) in [7, 11) is 0. The predicted octanol–water partition coefficient (Wildman–Crippen LogP) is 1.83. The third-order valence-corrected chi connectivity index (χ3v) is 4.33. The highest BCUT2D eigenvalue weighted by atomic mass is 16.2. The molecule has 0 saturated carbocycles. The van der Waals surface area contributed by atoms with Crippen molar-refractivity contribution in [2.75, 3.05) is 5.32 Å². The molecule has 2 heterocycles. The molecule has 0 radical (unpaired) electrons. The number of carbonyl (C=O) groups is 3. The molecule has 1 atom stereocenters. The maximum atomic E-state index is 12.3. The van der Waals surface area contributed by atoms with E-state index in [9.17, 15) is 14.4 Å². The van der Waals surface area contributed by atoms with Crippen LogP contribution in [0.15, 0.2) is 42.6 Å². The van der Waals surface area contributed by atoms with E-state index < -0.39 is 11.9 Å². The molecule has 0 spiro atoms. The minimum Gasteiger partial charge on any atom is -0.350 e. The fourth-order valence-corrected chi connectivity index (χ4v) is 2.98. The number of aromatic nitrogens is 1. The molecular formula is C19H22N4O3. The molecule has 7 heteroatoms. The van der Waals surface area contributed by atoms with Crippen molar-refractivity contribution in [2.24, 2.45) is 0 Å². The first-order valence-corrected chi connectivity index (χ1v) is 8.59. The lowest BCUT2D eigenvalue weighted by atomic mass is 10.1. The third kappa shape index (κ3) is 3.77. The lowest BCUT2D eigenvalue weighted by Gasteiger charge is -2.16. The third-order valence-electron chi connectivity index (χ3n) is 4.33. The van der Waals surface area contributed by atoms with Crippen LogP contribution in [0.3, 0.4) is 0 Å². The highest BCUT2D eigenvalue weighted by molar-refractivity contribution is 6.10. The molecule has 136 valence electrons. The number of nitrogens with zero attached hydrogens (tertiary/aromatic N) is 1. The molecule has 7 nitrogen and oxygen atoms in total. The van der Waals surface area contributed by atoms with Gasteiger partial charge in [-0.1, -0.05) is 12.1 Å². The molecule has 26 heavy (non-hydrogen) atoms. The van der Waals surface area contributed by atoms with Crippen LogP contribution in [0.5, 0.6) is 0 Å². The topological polar surface area (TPSA) is 92.2 Å². The summed E-state index contributed by atoms with van der Waals surface area (Å²) in [5, 5.41) is 8.13. The van der Waals surface area contributed by atoms with Gasteiger partial charge in [-0.15, -0.1) is 0 Å². The van der Waals surface area contributed by atoms with Crippen molar-refractivity contribution >= 4 is 23.4 Å². The molecule has 2 aromatic rings. The van der Waals surface area contributed by atoms with E-state index in [1.807, 2.05) is 18.3 Å². The van der Waals surface area contributed by atoms with Crippen LogP contribution in [0.2, 0.25) is 0 Å². The molecule has 1 unspecified atom stereocenters. The highest BCUT2D eigenvalue weighted by Crippen LogP contribution is 2.18. The summed E-state index contributed by atoms with van der Waals surface area (Å²) in [5.41, 5.74) is 1.82. The SMILES string of the molecule is CC(C)n1cccc1CNC(=O)CC1NC(=O)c2ccccc2NC1=O. The molecule has 1 aromatic heterocycles. The zero-order chi connectivity index (χ0) is 18.7. The summed E-state index contributed by atoms with van der Waals surface area (Å²) in [6.45, 7) is 4.50. The van der Waals surface area contributed by atoms with Crippen molar-refractivity contribution < 1.29 is 14.4 Å². The number of hydrogen-bond acceptors (Lipinski definition) is 3. The van der Waals surface area contributed by atoms with Crippen molar-refractivity contribution in [3.63, 3.8) is 0 Å². The Bertz CT molecular complexity index is 841. The van der Waals surface area contributed by atoms with Gasteiger partial charge in [-0.25, -0.2) is 0 Å². The summed E-state index contributed by atoms with van der Waals surface area (Å²) in [6.07, 6.45) is 1.84. The summed E-state index contributed by atoms with van der Waals surface area (Å²) < 4.78 is 2.07. The van der Waals surface area contributed by atoms with E-state index in [2.05, 4.69) is 34.4 Å². The normalized spacial score (nSPS) is 16.5. The molecule has 1 aliphatic heterocycles. The van der Waals surface area contributed by atoms with Gasteiger partial charge in [0.2, 0.25) is 11.8 Å². The zero-order valence-corrected chi connectivity index (χ0v) is 14.8. The largest absolute Gasteiger partial charge is 0.350 e. The number of rotatable bonds is 5. The Labute approximate surface area is 151 Å². The molecule has 0 aliphatic carbocycles. The van der Waals surface area contributed by atoms with Gasteiger partial charge in [-0.2, -0.15) is 0 Å². The number of carbonyl (C=O) groups excluding carboxylic acids is 3. The Morgan fingerprint density at radius 1 is 1.19 bits per heavy atom. The number of amides is 3. The van der Waals surface area contributed by atoms with E-state index >= 15 is 0 Å². The van der Waals surface area contributed by atoms with Crippen LogP contribution in [0, 0.1) is 0 Å². The van der Waals surface area contributed by atoms with E-state index in [-0.39, 0.29) is 18.2 Å². The fourth-order valence-electron chi connectivity index (χ4n) is 2.98. The van der Waals surface area contributed by atoms with Crippen molar-refractivity contribution in [1.82, 2.24) is 15.2 Å². The van der Waals surface area contributed by atoms with E-state index in [1.165, 1.54) is 0 Å². The standard InChI is InChI=1S/C19H22N4O3/c1-12(2)23-9-5-6-13(23)11-20-17(24)10-16-19(26)21-15-8-4-3-7-14(15)18(25)22-16/h3-9,12,16H,10-11H2,1-2H3,(H,20,24)(H,21,26)(H,22,25). The average Bonchev–Trinajstić information content (AvgIpc) is 3.04. The lowest BCUT2D eigenvalue weighted by Crippen LogP contribution is -2.44. The van der Waals surface area contributed by atoms with Crippen LogP contribution in [-0.2, 0) is 16.1 Å². The van der Waals surface area contributed by atoms with Crippen LogP contribution in [0.25, 0.3) is 0 Å². The predicted molar refractivity (Wildman–Crippen MR) is 97.6 cm³/mol. The van der Waals surface area contributed by atoms with Crippen molar-refractivity contribution in [1.29, 1.82) is 0 Å². The Morgan fingerprint density at radius 2 is 1.96 bits per heavy atom. The number of nitrogens with one attached hydrogen (secondary N) is 3. The van der Waals surface area contributed by atoms with E-state index in [4.69, 9.17) is 0 Å². The molecular weight excluding hydrogens is 332 g/mol. The summed E-state index contributed by atoms with van der Waals surface area (Å²) >= 11 is 0. The minimum atomic E-state index is -0.910. The van der Waals surface area contributed by atoms with Gasteiger partial charge >= 0.3 is 0 Å². The number of anilines is 1. The number of fused-ring (bicyclic) bond motifs is 1. The van der Waals surface area contributed by atoms with Crippen LogP contribution in [0.1, 0.15) is 42.4 Å². The Morgan fingerprint density at radius 3 is 2.73 bits per heavy atom. The molecule has 1 aromatic carbocycles. The maximum absolute atomic E-state index is 12.3. The molecule has 3 rings (SSSR count). The molecule has 0 saturated heterocycles. The number of hydrogen-bond donors (Lipinski definition) is 3. The first-order chi connectivity index (χ1) is 12.5. The molecule has 1 aliphatic rings. The van der Waals surface area contributed by atoms with Crippen LogP contribution < -0.4 is 16.0 Å². The van der Waals surface area contributed by atoms with Gasteiger partial charge in [0.05, 0.1) is 24.2 Å². The van der Waals surface area contributed by atoms with Gasteiger partial charge in [0, 0.05) is 17.9 Å². The summed E-state index contributed by atoms with van der Waals surface area (Å²) in [6, 6.07) is 10.0. The van der Waals surface area contributed by atoms with E-state index in [0.29, 0.717) is 23.8 Å². The van der Waals surface area contributed by atoms with Crippen LogP contribution in [0.4, 0.5) is 5.69 Å². The smallest absolute Gasteiger partial charge is 0.254 e. The van der Waals surface area contributed by atoms with Crippen molar-refractivity contribution in [3.05, 3.63) is 53.9 Å². The Kier molecular flexibility index (Phi) is 5.06. The number of para-hydroxylation sites is 1. The van der Waals surface area contributed by atoms with Gasteiger partial charge in [0.1, 0.15) is 6.04 Å². The van der Waals surface area contributed by atoms with Gasteiger partial charge in [0.25, 0.3) is 5.91 Å². The quantitative estimate of drug-likeness (QED) is 0.765. The van der Waals surface area contributed by atoms with Gasteiger partial charge in [-0.3, -0.25) is 14.4 Å². The molecule has 3 N–H and O–H groups in total. The monoisotopic (exact) mass is 354 g/mol. The lowest BCUT2D eigenvalue weighted by molar-refractivity contribution is -0.125. The van der Waals surface area contributed by atoms with Gasteiger partial charge < -0.3 is 20.5 Å². The first-order valence-electron chi connectivity index (χ1n) is 8.59. The van der Waals surface area contributed by atoms with Crippen molar-refractivity contribution in [2.45, 2.75) is 38.9 Å². The minimum absolute atomic E-state index is 0.117. The fraction of sp³-hybridized carbons (Fsp3) is 0.316. The Balaban J connectivity index is 1.62. The molecule has 3 amide bonds. The van der Waals surface area contributed by atoms with Crippen LogP contribution >= 0.6 is 0 Å². The zero-order valence-electron chi connectivity index (χ0n) is 14.8. The molecule has 0 fully saturated rings. The second-order valence-electron chi connectivity index (χ2n) is 6.54. The van der Waals surface area contributed by atoms with Gasteiger partial charge in [-0.05, 0) is 38.1 Å². The Hall–Kier alpha value is -3.09. The second kappa shape index (κ2) is 7.43. The first kappa shape index (κ1) is 17.7. The summed E-state index contributed by atoms with van der Waals surface area (Å²) in [5.74, 6) is -1.07. The number of benzene rings is 1. The van der Waals surface area contributed by atoms with Gasteiger partial charge in [0.15, 0.2) is 0 Å². The average molecular weight is 354 g/mol. The van der Waals surface area contributed by atoms with Crippen molar-refractivity contribution in [3.8, 4) is 0 Å². The second-order valence-corrected chi connectivity index (χ2v) is 6.54.